The molecule has 23 heavy (non-hydrogen) atoms. The monoisotopic (exact) mass is 372 g/mol. The van der Waals surface area contributed by atoms with Crippen LogP contribution in [-0.4, -0.2) is 33.9 Å². The number of nitrogens with zero attached hydrogens (tertiary/aromatic N) is 3. The molecule has 2 aromatic rings. The molecule has 3 heterocycles. The van der Waals surface area contributed by atoms with Crippen LogP contribution in [0.25, 0.3) is 10.9 Å². The Hall–Kier alpha value is -2.01. The Labute approximate surface area is 140 Å². The third kappa shape index (κ3) is 2.14. The summed E-state index contributed by atoms with van der Waals surface area (Å²) in [6.45, 7) is 2.13. The molecule has 0 saturated carbocycles. The van der Waals surface area contributed by atoms with E-state index in [2.05, 4.69) is 37.2 Å². The van der Waals surface area contributed by atoms with E-state index in [4.69, 9.17) is 4.74 Å². The second-order valence-corrected chi connectivity index (χ2v) is 6.53. The molecule has 6 nitrogen and oxygen atoms in total. The quantitative estimate of drug-likeness (QED) is 0.804. The molecular weight excluding hydrogens is 360 g/mol. The largest absolute Gasteiger partial charge is 0.367 e. The maximum Gasteiger partial charge on any atom is 0.164 e. The molecule has 1 aromatic carbocycles. The van der Waals surface area contributed by atoms with Crippen LogP contribution in [0.2, 0.25) is 0 Å². The second-order valence-electron chi connectivity index (χ2n) is 5.73. The second kappa shape index (κ2) is 5.27. The summed E-state index contributed by atoms with van der Waals surface area (Å²) in [5.74, 6) is -0.590. The van der Waals surface area contributed by atoms with Gasteiger partial charge in [-0.1, -0.05) is 6.07 Å². The number of aliphatic hydroxyl groups is 1. The number of nitriles is 1. The van der Waals surface area contributed by atoms with Crippen LogP contribution in [0.4, 0.5) is 0 Å². The number of hydrogen-bond acceptors (Lipinski definition) is 5. The molecule has 2 aliphatic rings. The van der Waals surface area contributed by atoms with Gasteiger partial charge in [0.05, 0.1) is 41.1 Å². The molecule has 3 atom stereocenters. The van der Waals surface area contributed by atoms with Crippen molar-refractivity contribution in [1.82, 2.24) is 10.2 Å². The summed E-state index contributed by atoms with van der Waals surface area (Å²) >= 11 is 3.44. The molecule has 0 amide bonds. The van der Waals surface area contributed by atoms with Crippen molar-refractivity contribution in [2.24, 2.45) is 10.9 Å². The lowest BCUT2D eigenvalue weighted by molar-refractivity contribution is -0.0844. The number of aliphatic hydroxyl groups excluding tert-OH is 1. The summed E-state index contributed by atoms with van der Waals surface area (Å²) in [5, 5.41) is 27.8. The Morgan fingerprint density at radius 2 is 2.30 bits per heavy atom. The summed E-state index contributed by atoms with van der Waals surface area (Å²) in [7, 11) is 0. The number of allylic oxidation sites excluding steroid dienone is 2. The SMILES string of the molecule is CC1=C(C#N)C(c2ccc3n[nH]c(Br)c3c2)C2C(=N1)COC2O. The van der Waals surface area contributed by atoms with Crippen LogP contribution in [-0.2, 0) is 4.74 Å². The molecule has 0 spiro atoms. The van der Waals surface area contributed by atoms with E-state index in [1.165, 1.54) is 0 Å². The Morgan fingerprint density at radius 1 is 1.48 bits per heavy atom. The Kier molecular flexibility index (Phi) is 3.34. The van der Waals surface area contributed by atoms with Crippen molar-refractivity contribution in [3.8, 4) is 6.07 Å². The number of H-pyrrole nitrogens is 1. The highest BCUT2D eigenvalue weighted by Gasteiger charge is 2.44. The number of rotatable bonds is 1. The van der Waals surface area contributed by atoms with Crippen LogP contribution in [0.1, 0.15) is 18.4 Å². The van der Waals surface area contributed by atoms with Crippen molar-refractivity contribution in [3.05, 3.63) is 39.6 Å². The van der Waals surface area contributed by atoms with Gasteiger partial charge in [-0.3, -0.25) is 10.1 Å². The average Bonchev–Trinajstić information content (AvgIpc) is 3.09. The van der Waals surface area contributed by atoms with E-state index in [-0.39, 0.29) is 11.8 Å². The lowest BCUT2D eigenvalue weighted by Crippen LogP contribution is -2.31. The van der Waals surface area contributed by atoms with Crippen molar-refractivity contribution in [2.45, 2.75) is 19.1 Å². The number of ether oxygens (including phenoxy) is 1. The number of nitrogens with one attached hydrogen (secondary N) is 1. The Bertz CT molecular complexity index is 908. The van der Waals surface area contributed by atoms with Crippen LogP contribution < -0.4 is 0 Å². The molecular formula is C16H13BrN4O2. The van der Waals surface area contributed by atoms with Gasteiger partial charge in [-0.05, 0) is 40.5 Å². The van der Waals surface area contributed by atoms with Gasteiger partial charge in [-0.15, -0.1) is 0 Å². The topological polar surface area (TPSA) is 94.3 Å². The van der Waals surface area contributed by atoms with Crippen LogP contribution in [0.15, 0.2) is 39.1 Å². The first kappa shape index (κ1) is 14.6. The average molecular weight is 373 g/mol. The van der Waals surface area contributed by atoms with Crippen molar-refractivity contribution in [3.63, 3.8) is 0 Å². The van der Waals surface area contributed by atoms with Gasteiger partial charge in [-0.2, -0.15) is 10.4 Å². The van der Waals surface area contributed by atoms with Crippen LogP contribution in [0.3, 0.4) is 0 Å². The highest BCUT2D eigenvalue weighted by atomic mass is 79.9. The minimum Gasteiger partial charge on any atom is -0.367 e. The van der Waals surface area contributed by atoms with Crippen LogP contribution in [0.5, 0.6) is 0 Å². The smallest absolute Gasteiger partial charge is 0.164 e. The zero-order valence-electron chi connectivity index (χ0n) is 12.2. The molecule has 3 unspecified atom stereocenters. The number of halogens is 1. The van der Waals surface area contributed by atoms with Gasteiger partial charge in [0.25, 0.3) is 0 Å². The third-order valence-corrected chi connectivity index (χ3v) is 5.08. The molecule has 0 bridgehead atoms. The minimum atomic E-state index is -0.946. The molecule has 7 heteroatoms. The van der Waals surface area contributed by atoms with Gasteiger partial charge in [0.2, 0.25) is 0 Å². The number of fused-ring (bicyclic) bond motifs is 2. The summed E-state index contributed by atoms with van der Waals surface area (Å²) < 4.78 is 6.14. The van der Waals surface area contributed by atoms with E-state index in [0.29, 0.717) is 17.9 Å². The van der Waals surface area contributed by atoms with Crippen molar-refractivity contribution >= 4 is 32.5 Å². The van der Waals surface area contributed by atoms with E-state index >= 15 is 0 Å². The molecule has 116 valence electrons. The van der Waals surface area contributed by atoms with E-state index in [0.717, 1.165) is 26.8 Å². The highest BCUT2D eigenvalue weighted by Crippen LogP contribution is 2.43. The van der Waals surface area contributed by atoms with Gasteiger partial charge >= 0.3 is 0 Å². The first-order valence-electron chi connectivity index (χ1n) is 7.21. The zero-order chi connectivity index (χ0) is 16.1. The Balaban J connectivity index is 1.91. The summed E-state index contributed by atoms with van der Waals surface area (Å²) in [4.78, 5) is 4.45. The van der Waals surface area contributed by atoms with Crippen molar-refractivity contribution in [2.75, 3.05) is 6.61 Å². The molecule has 4 rings (SSSR count). The van der Waals surface area contributed by atoms with Gasteiger partial charge in [0.1, 0.15) is 4.60 Å². The predicted octanol–water partition coefficient (Wildman–Crippen LogP) is 2.63. The Morgan fingerprint density at radius 3 is 3.09 bits per heavy atom. The van der Waals surface area contributed by atoms with Crippen molar-refractivity contribution < 1.29 is 9.84 Å². The van der Waals surface area contributed by atoms with E-state index < -0.39 is 6.29 Å². The standard InChI is InChI=1S/C16H13BrN4O2/c1-7-10(5-18)13(14-12(19-7)6-23-16(14)22)8-2-3-11-9(4-8)15(17)21-20-11/h2-4,13-14,16,22H,6H2,1H3,(H,20,21). The number of hydrogen-bond donors (Lipinski definition) is 2. The fourth-order valence-corrected chi connectivity index (χ4v) is 3.80. The minimum absolute atomic E-state index is 0.267. The number of benzene rings is 1. The summed E-state index contributed by atoms with van der Waals surface area (Å²) in [5.41, 5.74) is 3.84. The first-order valence-corrected chi connectivity index (χ1v) is 8.01. The highest BCUT2D eigenvalue weighted by molar-refractivity contribution is 9.10. The lowest BCUT2D eigenvalue weighted by Gasteiger charge is -2.29. The van der Waals surface area contributed by atoms with Gasteiger partial charge in [-0.25, -0.2) is 0 Å². The molecule has 1 aromatic heterocycles. The molecule has 1 fully saturated rings. The van der Waals surface area contributed by atoms with Crippen molar-refractivity contribution in [1.29, 1.82) is 5.26 Å². The van der Waals surface area contributed by atoms with Gasteiger partial charge < -0.3 is 9.84 Å². The summed E-state index contributed by atoms with van der Waals surface area (Å²) in [6.07, 6.45) is -0.946. The molecule has 2 N–H and O–H groups in total. The molecule has 1 saturated heterocycles. The maximum absolute atomic E-state index is 10.2. The van der Waals surface area contributed by atoms with Gasteiger partial charge in [0.15, 0.2) is 6.29 Å². The normalized spacial score (nSPS) is 27.0. The van der Waals surface area contributed by atoms with Crippen LogP contribution in [0, 0.1) is 17.2 Å². The number of aromatic amines is 1. The lowest BCUT2D eigenvalue weighted by atomic mass is 9.76. The van der Waals surface area contributed by atoms with E-state index in [9.17, 15) is 10.4 Å². The number of aromatic nitrogens is 2. The first-order chi connectivity index (χ1) is 11.1. The maximum atomic E-state index is 10.2. The third-order valence-electron chi connectivity index (χ3n) is 4.48. The fraction of sp³-hybridized carbons (Fsp3) is 0.312. The number of aliphatic imine (C=N–C) groups is 1. The fourth-order valence-electron chi connectivity index (χ4n) is 3.39. The molecule has 2 aliphatic heterocycles. The van der Waals surface area contributed by atoms with E-state index in [1.54, 1.807) is 0 Å². The van der Waals surface area contributed by atoms with Crippen LogP contribution >= 0.6 is 15.9 Å². The molecule has 0 aliphatic carbocycles. The predicted molar refractivity (Wildman–Crippen MR) is 87.7 cm³/mol. The molecule has 0 radical (unpaired) electrons. The van der Waals surface area contributed by atoms with Gasteiger partial charge in [0, 0.05) is 11.3 Å². The zero-order valence-corrected chi connectivity index (χ0v) is 13.8. The van der Waals surface area contributed by atoms with E-state index in [1.807, 2.05) is 25.1 Å². The summed E-state index contributed by atoms with van der Waals surface area (Å²) in [6, 6.07) is 8.10.